The maximum absolute atomic E-state index is 11.3. The molecule has 0 bridgehead atoms. The van der Waals surface area contributed by atoms with Crippen molar-refractivity contribution in [2.45, 2.75) is 9.79 Å². The number of hydrogen-bond acceptors (Lipinski definition) is 6. The zero-order chi connectivity index (χ0) is 15.3. The van der Waals surface area contributed by atoms with Crippen LogP contribution in [0.2, 0.25) is 0 Å². The van der Waals surface area contributed by atoms with Crippen molar-refractivity contribution < 1.29 is 31.0 Å². The maximum atomic E-state index is 11.3. The van der Waals surface area contributed by atoms with Crippen LogP contribution in [0.1, 0.15) is 0 Å². The van der Waals surface area contributed by atoms with Gasteiger partial charge in [0.1, 0.15) is 9.79 Å². The molecule has 0 aliphatic rings. The molecule has 0 saturated carbocycles. The van der Waals surface area contributed by atoms with Crippen molar-refractivity contribution in [1.82, 2.24) is 0 Å². The number of benzene rings is 2. The Morgan fingerprint density at radius 3 is 2.15 bits per heavy atom. The van der Waals surface area contributed by atoms with E-state index in [2.05, 4.69) is 6.07 Å². The van der Waals surface area contributed by atoms with Gasteiger partial charge >= 0.3 is 0 Å². The van der Waals surface area contributed by atoms with Crippen LogP contribution in [0.5, 0.6) is 5.75 Å². The molecule has 8 nitrogen and oxygen atoms in total. The largest absolute Gasteiger partial charge is 0.504 e. The Bertz CT molecular complexity index is 916. The molecule has 2 aromatic rings. The van der Waals surface area contributed by atoms with E-state index in [0.29, 0.717) is 0 Å². The van der Waals surface area contributed by atoms with E-state index >= 15 is 0 Å². The van der Waals surface area contributed by atoms with E-state index in [1.165, 1.54) is 12.1 Å². The fourth-order valence-corrected chi connectivity index (χ4v) is 3.40. The average Bonchev–Trinajstić information content (AvgIpc) is 2.26. The Hall–Kier alpha value is -1.88. The van der Waals surface area contributed by atoms with Crippen LogP contribution >= 0.6 is 0 Å². The van der Waals surface area contributed by atoms with Crippen LogP contribution in [-0.2, 0) is 20.2 Å². The molecule has 107 valence electrons. The van der Waals surface area contributed by atoms with Crippen molar-refractivity contribution in [3.05, 3.63) is 24.3 Å². The highest BCUT2D eigenvalue weighted by Crippen LogP contribution is 2.38. The van der Waals surface area contributed by atoms with Crippen LogP contribution in [0.3, 0.4) is 0 Å². The van der Waals surface area contributed by atoms with Gasteiger partial charge in [0, 0.05) is 11.5 Å². The minimum Gasteiger partial charge on any atom is -0.504 e. The molecule has 2 aromatic carbocycles. The first kappa shape index (κ1) is 14.5. The van der Waals surface area contributed by atoms with Crippen LogP contribution in [0.4, 0.5) is 5.69 Å². The van der Waals surface area contributed by atoms with Crippen molar-refractivity contribution in [2.24, 2.45) is 0 Å². The molecular formula is C10H8NO7S2. The van der Waals surface area contributed by atoms with Crippen molar-refractivity contribution >= 4 is 36.7 Å². The lowest BCUT2D eigenvalue weighted by Crippen LogP contribution is -2.06. The molecule has 0 unspecified atom stereocenters. The van der Waals surface area contributed by atoms with Gasteiger partial charge in [0.25, 0.3) is 20.2 Å². The van der Waals surface area contributed by atoms with Gasteiger partial charge in [-0.3, -0.25) is 9.11 Å². The summed E-state index contributed by atoms with van der Waals surface area (Å²) in [5, 5.41) is 8.95. The van der Waals surface area contributed by atoms with Gasteiger partial charge in [-0.15, -0.1) is 0 Å². The molecule has 0 amide bonds. The predicted molar refractivity (Wildman–Crippen MR) is 68.5 cm³/mol. The molecular weight excluding hydrogens is 310 g/mol. The van der Waals surface area contributed by atoms with Gasteiger partial charge in [-0.1, -0.05) is 12.1 Å². The Morgan fingerprint density at radius 1 is 1.05 bits per heavy atom. The van der Waals surface area contributed by atoms with E-state index in [-0.39, 0.29) is 5.39 Å². The van der Waals surface area contributed by atoms with Crippen LogP contribution in [0.25, 0.3) is 10.8 Å². The van der Waals surface area contributed by atoms with Gasteiger partial charge in [-0.05, 0) is 11.5 Å². The second-order valence-electron chi connectivity index (χ2n) is 3.85. The number of phenols is 1. The van der Waals surface area contributed by atoms with E-state index in [4.69, 9.17) is 14.8 Å². The molecule has 10 heteroatoms. The van der Waals surface area contributed by atoms with E-state index in [9.17, 15) is 21.9 Å². The first-order valence-electron chi connectivity index (χ1n) is 4.95. The summed E-state index contributed by atoms with van der Waals surface area (Å²) in [7, 11) is -9.78. The molecule has 2 rings (SSSR count). The Labute approximate surface area is 114 Å². The summed E-state index contributed by atoms with van der Waals surface area (Å²) in [6.07, 6.45) is 0. The normalized spacial score (nSPS) is 12.7. The number of aromatic hydroxyl groups is 1. The first-order valence-corrected chi connectivity index (χ1v) is 7.83. The molecule has 0 fully saturated rings. The molecule has 5 N–H and O–H groups in total. The SMILES string of the molecule is Nc1[c]c2cccc(S(=O)(=O)O)c2c(S(=O)(=O)O)c1O. The fraction of sp³-hybridized carbons (Fsp3) is 0. The number of rotatable bonds is 2. The number of anilines is 1. The Kier molecular flexibility index (Phi) is 3.13. The summed E-state index contributed by atoms with van der Waals surface area (Å²) in [6.45, 7) is 0. The fourth-order valence-electron chi connectivity index (χ4n) is 1.78. The molecule has 1 radical (unpaired) electrons. The van der Waals surface area contributed by atoms with Gasteiger partial charge in [-0.2, -0.15) is 16.8 Å². The zero-order valence-corrected chi connectivity index (χ0v) is 11.2. The van der Waals surface area contributed by atoms with Crippen LogP contribution in [0, 0.1) is 6.07 Å². The van der Waals surface area contributed by atoms with Crippen molar-refractivity contribution in [3.63, 3.8) is 0 Å². The third-order valence-electron chi connectivity index (χ3n) is 2.53. The average molecular weight is 318 g/mol. The smallest absolute Gasteiger partial charge is 0.298 e. The number of phenolic OH excluding ortho intramolecular Hbond substituents is 1. The highest BCUT2D eigenvalue weighted by molar-refractivity contribution is 7.87. The summed E-state index contributed by atoms with van der Waals surface area (Å²) >= 11 is 0. The van der Waals surface area contributed by atoms with E-state index in [1.54, 1.807) is 0 Å². The highest BCUT2D eigenvalue weighted by Gasteiger charge is 2.27. The topological polar surface area (TPSA) is 155 Å². The number of nitrogen functional groups attached to an aromatic ring is 1. The second-order valence-corrected chi connectivity index (χ2v) is 6.59. The van der Waals surface area contributed by atoms with Crippen molar-refractivity contribution in [1.29, 1.82) is 0 Å². The van der Waals surface area contributed by atoms with Gasteiger partial charge in [0.2, 0.25) is 0 Å². The van der Waals surface area contributed by atoms with Crippen LogP contribution in [-0.4, -0.2) is 31.0 Å². The summed E-state index contributed by atoms with van der Waals surface area (Å²) in [4.78, 5) is -1.90. The van der Waals surface area contributed by atoms with Crippen LogP contribution in [0.15, 0.2) is 28.0 Å². The molecule has 0 atom stereocenters. The van der Waals surface area contributed by atoms with Gasteiger partial charge in [-0.25, -0.2) is 0 Å². The lowest BCUT2D eigenvalue weighted by atomic mass is 10.1. The number of hydrogen-bond donors (Lipinski definition) is 4. The standard InChI is InChI=1S/C10H8NO7S2/c11-6-4-5-2-1-3-7(19(13,14)15)8(5)10(9(6)12)20(16,17)18/h1-3,12H,11H2,(H,13,14,15)(H,16,17,18). The number of fused-ring (bicyclic) bond motifs is 1. The predicted octanol–water partition coefficient (Wildman–Crippen LogP) is 0.421. The maximum Gasteiger partial charge on any atom is 0.298 e. The number of nitrogens with two attached hydrogens (primary N) is 1. The van der Waals surface area contributed by atoms with Gasteiger partial charge in [0.05, 0.1) is 5.69 Å². The minimum atomic E-state index is -4.99. The van der Waals surface area contributed by atoms with E-state index in [0.717, 1.165) is 6.07 Å². The second kappa shape index (κ2) is 4.31. The summed E-state index contributed by atoms with van der Waals surface area (Å²) in [5.41, 5.74) is 4.86. The Balaban J connectivity index is 3.22. The molecule has 0 aromatic heterocycles. The molecule has 0 aliphatic heterocycles. The van der Waals surface area contributed by atoms with Gasteiger partial charge < -0.3 is 10.8 Å². The third kappa shape index (κ3) is 2.29. The minimum absolute atomic E-state index is 0.108. The Morgan fingerprint density at radius 2 is 1.65 bits per heavy atom. The van der Waals surface area contributed by atoms with Gasteiger partial charge in [0.15, 0.2) is 5.75 Å². The molecule has 0 saturated heterocycles. The monoisotopic (exact) mass is 318 g/mol. The van der Waals surface area contributed by atoms with Crippen molar-refractivity contribution in [2.75, 3.05) is 5.73 Å². The molecule has 0 spiro atoms. The van der Waals surface area contributed by atoms with E-state index in [1.807, 2.05) is 0 Å². The zero-order valence-electron chi connectivity index (χ0n) is 9.60. The molecule has 0 aliphatic carbocycles. The molecule has 20 heavy (non-hydrogen) atoms. The van der Waals surface area contributed by atoms with Crippen molar-refractivity contribution in [3.8, 4) is 5.75 Å². The third-order valence-corrected chi connectivity index (χ3v) is 4.34. The highest BCUT2D eigenvalue weighted by atomic mass is 32.2. The summed E-state index contributed by atoms with van der Waals surface area (Å²) in [6, 6.07) is 5.75. The quantitative estimate of drug-likeness (QED) is 0.353. The van der Waals surface area contributed by atoms with E-state index < -0.39 is 46.9 Å². The first-order chi connectivity index (χ1) is 9.03. The summed E-state index contributed by atoms with van der Waals surface area (Å²) in [5.74, 6) is -1.05. The lowest BCUT2D eigenvalue weighted by molar-refractivity contribution is 0.447. The summed E-state index contributed by atoms with van der Waals surface area (Å²) < 4.78 is 63.5. The lowest BCUT2D eigenvalue weighted by Gasteiger charge is -2.11. The molecule has 0 heterocycles. The van der Waals surface area contributed by atoms with Crippen LogP contribution < -0.4 is 5.73 Å².